The highest BCUT2D eigenvalue weighted by Crippen LogP contribution is 2.22. The van der Waals surface area contributed by atoms with E-state index in [4.69, 9.17) is 17.3 Å². The van der Waals surface area contributed by atoms with Crippen molar-refractivity contribution >= 4 is 52.3 Å². The van der Waals surface area contributed by atoms with Gasteiger partial charge in [-0.1, -0.05) is 17.7 Å². The molecule has 10 heavy (non-hydrogen) atoms. The van der Waals surface area contributed by atoms with Gasteiger partial charge in [0.1, 0.15) is 0 Å². The van der Waals surface area contributed by atoms with Gasteiger partial charge in [0.15, 0.2) is 0 Å². The largest absolute Gasteiger partial charge is 0.398 e. The molecule has 0 aliphatic heterocycles. The van der Waals surface area contributed by atoms with E-state index in [-0.39, 0.29) is 12.4 Å². The fraction of sp³-hybridized carbons (Fsp3) is 0. The average molecular weight is 290 g/mol. The molecular weight excluding hydrogens is 284 g/mol. The maximum Gasteiger partial charge on any atom is 0.0560 e. The van der Waals surface area contributed by atoms with Crippen LogP contribution in [0, 0.1) is 3.57 Å². The van der Waals surface area contributed by atoms with Crippen LogP contribution in [0.15, 0.2) is 18.2 Å². The first kappa shape index (κ1) is 10.3. The lowest BCUT2D eigenvalue weighted by atomic mass is 10.3. The Kier molecular flexibility index (Phi) is 4.40. The third-order valence-corrected chi connectivity index (χ3v) is 2.82. The van der Waals surface area contributed by atoms with E-state index in [1.165, 1.54) is 0 Å². The summed E-state index contributed by atoms with van der Waals surface area (Å²) in [5, 5.41) is 0.718. The summed E-state index contributed by atoms with van der Waals surface area (Å²) < 4.78 is 0.928. The second-order valence-corrected chi connectivity index (χ2v) is 3.13. The fourth-order valence-corrected chi connectivity index (χ4v) is 1.06. The molecule has 0 aromatic heterocycles. The number of halogens is 3. The Balaban J connectivity index is 0.000000810. The number of anilines is 1. The minimum absolute atomic E-state index is 0. The minimum Gasteiger partial charge on any atom is -0.398 e. The molecule has 0 spiro atoms. The van der Waals surface area contributed by atoms with Crippen LogP contribution >= 0.6 is 46.6 Å². The second-order valence-electron chi connectivity index (χ2n) is 1.64. The number of rotatable bonds is 0. The number of benzene rings is 1. The van der Waals surface area contributed by atoms with Crippen LogP contribution in [-0.4, -0.2) is 0 Å². The van der Waals surface area contributed by atoms with Crippen molar-refractivity contribution in [1.82, 2.24) is 0 Å². The van der Waals surface area contributed by atoms with E-state index < -0.39 is 0 Å². The first-order chi connectivity index (χ1) is 4.22. The van der Waals surface area contributed by atoms with E-state index in [9.17, 15) is 0 Å². The molecule has 0 aliphatic carbocycles. The number of hydrogen-bond acceptors (Lipinski definition) is 1. The van der Waals surface area contributed by atoms with Gasteiger partial charge in [0.2, 0.25) is 0 Å². The molecule has 0 saturated carbocycles. The number of nitrogen functional groups attached to an aromatic ring is 1. The summed E-state index contributed by atoms with van der Waals surface area (Å²) in [6.07, 6.45) is 0. The van der Waals surface area contributed by atoms with Gasteiger partial charge in [-0.2, -0.15) is 0 Å². The van der Waals surface area contributed by atoms with Gasteiger partial charge in [0, 0.05) is 5.69 Å². The molecule has 1 rings (SSSR count). The Bertz CT molecular complexity index is 207. The van der Waals surface area contributed by atoms with E-state index in [1.807, 2.05) is 18.2 Å². The van der Waals surface area contributed by atoms with Crippen LogP contribution in [0.2, 0.25) is 5.02 Å². The molecule has 0 saturated heterocycles. The molecule has 4 heteroatoms. The van der Waals surface area contributed by atoms with Gasteiger partial charge in [-0.25, -0.2) is 0 Å². The molecule has 56 valence electrons. The van der Waals surface area contributed by atoms with Crippen molar-refractivity contribution in [3.63, 3.8) is 0 Å². The maximum absolute atomic E-state index is 5.73. The van der Waals surface area contributed by atoms with Gasteiger partial charge in [0.05, 0.1) is 8.59 Å². The topological polar surface area (TPSA) is 26.0 Å². The third kappa shape index (κ3) is 2.18. The summed E-state index contributed by atoms with van der Waals surface area (Å²) in [7, 11) is 0. The molecule has 0 heterocycles. The van der Waals surface area contributed by atoms with E-state index in [2.05, 4.69) is 22.6 Å². The lowest BCUT2D eigenvalue weighted by molar-refractivity contribution is 1.63. The van der Waals surface area contributed by atoms with Crippen molar-refractivity contribution in [1.29, 1.82) is 0 Å². The van der Waals surface area contributed by atoms with Crippen LogP contribution in [0.1, 0.15) is 0 Å². The summed E-state index contributed by atoms with van der Waals surface area (Å²) >= 11 is 7.84. The van der Waals surface area contributed by atoms with Crippen LogP contribution in [0.5, 0.6) is 0 Å². The van der Waals surface area contributed by atoms with Crippen molar-refractivity contribution in [3.8, 4) is 0 Å². The molecule has 0 amide bonds. The summed E-state index contributed by atoms with van der Waals surface area (Å²) in [6.45, 7) is 0. The Hall–Kier alpha value is 0.330. The standard InChI is InChI=1S/C6H5ClIN.ClH/c7-4-2-1-3-5(9)6(4)8;/h1-3H,9H2;1H. The first-order valence-corrected chi connectivity index (χ1v) is 3.87. The van der Waals surface area contributed by atoms with Gasteiger partial charge in [0.25, 0.3) is 0 Å². The lowest BCUT2D eigenvalue weighted by Crippen LogP contribution is -1.87. The average Bonchev–Trinajstić information content (AvgIpc) is 1.83. The summed E-state index contributed by atoms with van der Waals surface area (Å²) in [6, 6.07) is 5.48. The van der Waals surface area contributed by atoms with Crippen molar-refractivity contribution < 1.29 is 0 Å². The normalized spacial score (nSPS) is 8.60. The number of hydrogen-bond donors (Lipinski definition) is 1. The van der Waals surface area contributed by atoms with Gasteiger partial charge < -0.3 is 5.73 Å². The van der Waals surface area contributed by atoms with Gasteiger partial charge in [-0.15, -0.1) is 12.4 Å². The SMILES string of the molecule is Cl.Nc1cccc(Cl)c1I. The van der Waals surface area contributed by atoms with Crippen molar-refractivity contribution in [2.24, 2.45) is 0 Å². The summed E-state index contributed by atoms with van der Waals surface area (Å²) in [5.74, 6) is 0. The van der Waals surface area contributed by atoms with E-state index >= 15 is 0 Å². The van der Waals surface area contributed by atoms with E-state index in [0.717, 1.165) is 14.3 Å². The van der Waals surface area contributed by atoms with E-state index in [0.29, 0.717) is 0 Å². The predicted molar refractivity (Wildman–Crippen MR) is 55.8 cm³/mol. The number of nitrogens with two attached hydrogens (primary N) is 1. The highest BCUT2D eigenvalue weighted by molar-refractivity contribution is 14.1. The molecule has 0 atom stereocenters. The summed E-state index contributed by atoms with van der Waals surface area (Å²) in [4.78, 5) is 0. The molecule has 0 radical (unpaired) electrons. The zero-order valence-corrected chi connectivity index (χ0v) is 8.70. The van der Waals surface area contributed by atoms with Crippen LogP contribution < -0.4 is 5.73 Å². The summed E-state index contributed by atoms with van der Waals surface area (Å²) in [5.41, 5.74) is 6.27. The molecule has 1 aromatic carbocycles. The predicted octanol–water partition coefficient (Wildman–Crippen LogP) is 2.95. The Morgan fingerprint density at radius 1 is 1.40 bits per heavy atom. The van der Waals surface area contributed by atoms with Crippen molar-refractivity contribution in [3.05, 3.63) is 26.8 Å². The molecule has 0 bridgehead atoms. The maximum atomic E-state index is 5.73. The van der Waals surface area contributed by atoms with Crippen LogP contribution in [0.25, 0.3) is 0 Å². The molecule has 1 nitrogen and oxygen atoms in total. The molecule has 1 aromatic rings. The molecule has 0 fully saturated rings. The zero-order valence-electron chi connectivity index (χ0n) is 4.97. The smallest absolute Gasteiger partial charge is 0.0560 e. The van der Waals surface area contributed by atoms with Crippen molar-refractivity contribution in [2.75, 3.05) is 5.73 Å². The Labute approximate surface area is 84.5 Å². The molecule has 0 aliphatic rings. The highest BCUT2D eigenvalue weighted by atomic mass is 127. The van der Waals surface area contributed by atoms with Gasteiger partial charge >= 0.3 is 0 Å². The Morgan fingerprint density at radius 2 is 2.00 bits per heavy atom. The quantitative estimate of drug-likeness (QED) is 0.577. The zero-order chi connectivity index (χ0) is 6.85. The second kappa shape index (κ2) is 4.26. The van der Waals surface area contributed by atoms with Gasteiger partial charge in [-0.05, 0) is 34.7 Å². The fourth-order valence-electron chi connectivity index (χ4n) is 0.520. The monoisotopic (exact) mass is 289 g/mol. The third-order valence-electron chi connectivity index (χ3n) is 0.981. The van der Waals surface area contributed by atoms with Crippen LogP contribution in [-0.2, 0) is 0 Å². The molecule has 0 unspecified atom stereocenters. The van der Waals surface area contributed by atoms with Gasteiger partial charge in [-0.3, -0.25) is 0 Å². The Morgan fingerprint density at radius 3 is 2.40 bits per heavy atom. The van der Waals surface area contributed by atoms with Crippen molar-refractivity contribution in [2.45, 2.75) is 0 Å². The minimum atomic E-state index is 0. The van der Waals surface area contributed by atoms with E-state index in [1.54, 1.807) is 0 Å². The molecular formula is C6H6Cl2IN. The highest BCUT2D eigenvalue weighted by Gasteiger charge is 1.96. The molecule has 2 N–H and O–H groups in total. The van der Waals surface area contributed by atoms with Crippen LogP contribution in [0.3, 0.4) is 0 Å². The lowest BCUT2D eigenvalue weighted by Gasteiger charge is -1.97. The first-order valence-electron chi connectivity index (χ1n) is 2.41. The van der Waals surface area contributed by atoms with Crippen LogP contribution in [0.4, 0.5) is 5.69 Å².